The van der Waals surface area contributed by atoms with Crippen LogP contribution < -0.4 is 11.1 Å². The SMILES string of the molecule is NC(=O)C1CC2CC2([C@@H](c2cc(F)c(C(F)(F)F)cc2F)C2COC2)N1. The van der Waals surface area contributed by atoms with Crippen molar-refractivity contribution in [1.82, 2.24) is 5.32 Å². The molecule has 26 heavy (non-hydrogen) atoms. The van der Waals surface area contributed by atoms with Gasteiger partial charge < -0.3 is 10.5 Å². The number of hydrogen-bond donors (Lipinski definition) is 2. The molecule has 4 rings (SSSR count). The molecule has 0 aromatic heterocycles. The van der Waals surface area contributed by atoms with Crippen LogP contribution in [0.3, 0.4) is 0 Å². The predicted octanol–water partition coefficient (Wildman–Crippen LogP) is 2.32. The average molecular weight is 376 g/mol. The van der Waals surface area contributed by atoms with Crippen LogP contribution in [0.5, 0.6) is 0 Å². The lowest BCUT2D eigenvalue weighted by atomic mass is 9.76. The Bertz CT molecular complexity index is 764. The van der Waals surface area contributed by atoms with Crippen molar-refractivity contribution < 1.29 is 31.5 Å². The molecule has 9 heteroatoms. The Kier molecular flexibility index (Phi) is 3.82. The molecule has 2 saturated heterocycles. The summed E-state index contributed by atoms with van der Waals surface area (Å²) in [7, 11) is 0. The number of carbonyl (C=O) groups is 1. The number of amides is 1. The quantitative estimate of drug-likeness (QED) is 0.793. The first-order valence-corrected chi connectivity index (χ1v) is 8.34. The molecule has 3 fully saturated rings. The maximum Gasteiger partial charge on any atom is 0.419 e. The van der Waals surface area contributed by atoms with Gasteiger partial charge in [0.2, 0.25) is 5.91 Å². The minimum Gasteiger partial charge on any atom is -0.381 e. The Morgan fingerprint density at radius 3 is 2.46 bits per heavy atom. The number of benzene rings is 1. The Morgan fingerprint density at radius 1 is 1.27 bits per heavy atom. The molecule has 3 aliphatic rings. The molecule has 0 bridgehead atoms. The van der Waals surface area contributed by atoms with E-state index in [4.69, 9.17) is 10.5 Å². The van der Waals surface area contributed by atoms with Crippen molar-refractivity contribution in [3.05, 3.63) is 34.9 Å². The summed E-state index contributed by atoms with van der Waals surface area (Å²) in [5, 5.41) is 3.14. The van der Waals surface area contributed by atoms with E-state index in [1.165, 1.54) is 0 Å². The zero-order valence-electron chi connectivity index (χ0n) is 13.6. The molecule has 1 aliphatic carbocycles. The molecule has 1 saturated carbocycles. The van der Waals surface area contributed by atoms with Gasteiger partial charge in [-0.1, -0.05) is 0 Å². The fourth-order valence-corrected chi connectivity index (χ4v) is 4.56. The van der Waals surface area contributed by atoms with Crippen molar-refractivity contribution in [2.75, 3.05) is 13.2 Å². The van der Waals surface area contributed by atoms with Crippen molar-refractivity contribution in [3.8, 4) is 0 Å². The van der Waals surface area contributed by atoms with E-state index in [2.05, 4.69) is 5.32 Å². The van der Waals surface area contributed by atoms with Crippen LogP contribution in [0.15, 0.2) is 12.1 Å². The Morgan fingerprint density at radius 2 is 1.96 bits per heavy atom. The maximum absolute atomic E-state index is 14.6. The summed E-state index contributed by atoms with van der Waals surface area (Å²) in [4.78, 5) is 11.5. The smallest absolute Gasteiger partial charge is 0.381 e. The summed E-state index contributed by atoms with van der Waals surface area (Å²) < 4.78 is 72.4. The van der Waals surface area contributed by atoms with Crippen LogP contribution in [0.4, 0.5) is 22.0 Å². The highest BCUT2D eigenvalue weighted by Gasteiger charge is 2.67. The van der Waals surface area contributed by atoms with Gasteiger partial charge in [-0.25, -0.2) is 8.78 Å². The largest absolute Gasteiger partial charge is 0.419 e. The molecule has 2 heterocycles. The van der Waals surface area contributed by atoms with Crippen LogP contribution in [0.25, 0.3) is 0 Å². The summed E-state index contributed by atoms with van der Waals surface area (Å²) in [6.07, 6.45) is -3.84. The second-order valence-electron chi connectivity index (χ2n) is 7.40. The van der Waals surface area contributed by atoms with Crippen LogP contribution in [-0.2, 0) is 15.7 Å². The van der Waals surface area contributed by atoms with Crippen LogP contribution in [-0.4, -0.2) is 30.7 Å². The van der Waals surface area contributed by atoms with E-state index < -0.39 is 46.8 Å². The van der Waals surface area contributed by atoms with E-state index in [1.807, 2.05) is 0 Å². The lowest BCUT2D eigenvalue weighted by Crippen LogP contribution is -2.50. The van der Waals surface area contributed by atoms with E-state index in [-0.39, 0.29) is 23.5 Å². The minimum absolute atomic E-state index is 0.0513. The molecule has 0 spiro atoms. The van der Waals surface area contributed by atoms with Crippen molar-refractivity contribution >= 4 is 5.91 Å². The monoisotopic (exact) mass is 376 g/mol. The van der Waals surface area contributed by atoms with Crippen molar-refractivity contribution in [3.63, 3.8) is 0 Å². The lowest BCUT2D eigenvalue weighted by molar-refractivity contribution is -0.140. The number of ether oxygens (including phenoxy) is 1. The molecule has 4 atom stereocenters. The van der Waals surface area contributed by atoms with E-state index in [0.717, 1.165) is 0 Å². The van der Waals surface area contributed by atoms with Gasteiger partial charge in [0.1, 0.15) is 11.6 Å². The molecular weight excluding hydrogens is 359 g/mol. The highest BCUT2D eigenvalue weighted by atomic mass is 19.4. The number of primary amides is 1. The Hall–Kier alpha value is -1.74. The molecule has 3 unspecified atom stereocenters. The van der Waals surface area contributed by atoms with Crippen LogP contribution >= 0.6 is 0 Å². The molecule has 142 valence electrons. The van der Waals surface area contributed by atoms with Crippen molar-refractivity contribution in [2.45, 2.75) is 36.5 Å². The summed E-state index contributed by atoms with van der Waals surface area (Å²) >= 11 is 0. The van der Waals surface area contributed by atoms with Crippen LogP contribution in [0.2, 0.25) is 0 Å². The fourth-order valence-electron chi connectivity index (χ4n) is 4.56. The number of nitrogens with one attached hydrogen (secondary N) is 1. The van der Waals surface area contributed by atoms with E-state index in [9.17, 15) is 26.7 Å². The molecule has 4 nitrogen and oxygen atoms in total. The maximum atomic E-state index is 14.6. The van der Waals surface area contributed by atoms with Crippen molar-refractivity contribution in [1.29, 1.82) is 0 Å². The summed E-state index contributed by atoms with van der Waals surface area (Å²) in [5.41, 5.74) is 2.95. The van der Waals surface area contributed by atoms with E-state index in [0.29, 0.717) is 32.1 Å². The second kappa shape index (κ2) is 5.63. The van der Waals surface area contributed by atoms with Gasteiger partial charge in [-0.15, -0.1) is 0 Å². The third-order valence-electron chi connectivity index (χ3n) is 5.88. The van der Waals surface area contributed by atoms with Gasteiger partial charge in [0.25, 0.3) is 0 Å². The number of nitrogens with two attached hydrogens (primary N) is 1. The first-order valence-electron chi connectivity index (χ1n) is 8.34. The van der Waals surface area contributed by atoms with Gasteiger partial charge in [0, 0.05) is 17.4 Å². The van der Waals surface area contributed by atoms with Gasteiger partial charge in [0.15, 0.2) is 0 Å². The normalized spacial score (nSPS) is 32.0. The highest BCUT2D eigenvalue weighted by molar-refractivity contribution is 5.81. The molecule has 1 aromatic carbocycles. The number of alkyl halides is 3. The third-order valence-corrected chi connectivity index (χ3v) is 5.88. The summed E-state index contributed by atoms with van der Waals surface area (Å²) in [5.74, 6) is -3.82. The topological polar surface area (TPSA) is 64.4 Å². The zero-order valence-corrected chi connectivity index (χ0v) is 13.6. The second-order valence-corrected chi connectivity index (χ2v) is 7.40. The van der Waals surface area contributed by atoms with Crippen LogP contribution in [0.1, 0.15) is 29.9 Å². The van der Waals surface area contributed by atoms with Crippen LogP contribution in [0, 0.1) is 23.5 Å². The van der Waals surface area contributed by atoms with E-state index >= 15 is 0 Å². The first-order chi connectivity index (χ1) is 12.1. The number of fused-ring (bicyclic) bond motifs is 1. The molecular formula is C17H17F5N2O2. The number of piperidine rings is 1. The molecule has 0 radical (unpaired) electrons. The third kappa shape index (κ3) is 2.60. The molecule has 2 aliphatic heterocycles. The van der Waals surface area contributed by atoms with Crippen molar-refractivity contribution in [2.24, 2.45) is 17.6 Å². The standard InChI is InChI=1S/C17H17F5N2O2/c18-11-3-10(17(20,21)22)12(19)2-9(11)14(7-5-26-6-7)16-4-8(16)1-13(24-16)15(23)25/h2-3,7-8,13-14,24H,1,4-6H2,(H2,23,25)/t8?,13?,14-,16?/m1/s1. The number of carbonyl (C=O) groups excluding carboxylic acids is 1. The highest BCUT2D eigenvalue weighted by Crippen LogP contribution is 2.62. The fraction of sp³-hybridized carbons (Fsp3) is 0.588. The first kappa shape index (κ1) is 17.7. The predicted molar refractivity (Wildman–Crippen MR) is 80.0 cm³/mol. The van der Waals surface area contributed by atoms with E-state index in [1.54, 1.807) is 0 Å². The molecule has 1 aromatic rings. The summed E-state index contributed by atoms with van der Waals surface area (Å²) in [6.45, 7) is 0.619. The Labute approximate surface area is 145 Å². The number of halogens is 5. The Balaban J connectivity index is 1.73. The number of rotatable bonds is 4. The number of hydrogen-bond acceptors (Lipinski definition) is 3. The van der Waals surface area contributed by atoms with Gasteiger partial charge in [-0.3, -0.25) is 10.1 Å². The van der Waals surface area contributed by atoms with Gasteiger partial charge in [-0.05, 0) is 36.5 Å². The van der Waals surface area contributed by atoms with Gasteiger partial charge >= 0.3 is 6.18 Å². The zero-order chi connectivity index (χ0) is 18.9. The molecule has 1 amide bonds. The average Bonchev–Trinajstić information content (AvgIpc) is 3.05. The summed E-state index contributed by atoms with van der Waals surface area (Å²) in [6, 6.07) is 0.288. The van der Waals surface area contributed by atoms with Gasteiger partial charge in [0.05, 0.1) is 24.8 Å². The molecule has 3 N–H and O–H groups in total. The minimum atomic E-state index is -4.97. The lowest BCUT2D eigenvalue weighted by Gasteiger charge is -2.39. The van der Waals surface area contributed by atoms with Gasteiger partial charge in [-0.2, -0.15) is 13.2 Å².